The van der Waals surface area contributed by atoms with Crippen LogP contribution in [-0.2, 0) is 11.2 Å². The minimum atomic E-state index is -0.877. The lowest BCUT2D eigenvalue weighted by Crippen LogP contribution is -2.44. The highest BCUT2D eigenvalue weighted by Crippen LogP contribution is 2.10. The van der Waals surface area contributed by atoms with E-state index in [4.69, 9.17) is 5.11 Å². The fourth-order valence-corrected chi connectivity index (χ4v) is 2.52. The zero-order chi connectivity index (χ0) is 15.1. The van der Waals surface area contributed by atoms with Gasteiger partial charge in [0.15, 0.2) is 0 Å². The quantitative estimate of drug-likeness (QED) is 0.840. The van der Waals surface area contributed by atoms with Crippen molar-refractivity contribution in [1.29, 1.82) is 0 Å². The van der Waals surface area contributed by atoms with Crippen molar-refractivity contribution in [2.24, 2.45) is 5.92 Å². The summed E-state index contributed by atoms with van der Waals surface area (Å²) in [5.41, 5.74) is 0. The summed E-state index contributed by atoms with van der Waals surface area (Å²) in [4.78, 5) is 27.6. The van der Waals surface area contributed by atoms with Crippen LogP contribution < -0.4 is 0 Å². The Balaban J connectivity index is 2.49. The van der Waals surface area contributed by atoms with Crippen molar-refractivity contribution >= 4 is 23.3 Å². The monoisotopic (exact) mass is 298 g/mol. The van der Waals surface area contributed by atoms with Crippen molar-refractivity contribution < 1.29 is 14.7 Å². The molecule has 0 aromatic carbocycles. The first kappa shape index (κ1) is 16.5. The van der Waals surface area contributed by atoms with Gasteiger partial charge in [0, 0.05) is 31.6 Å². The average molecular weight is 298 g/mol. The smallest absolute Gasteiger partial charge is 0.319 e. The van der Waals surface area contributed by atoms with E-state index in [-0.39, 0.29) is 12.6 Å². The molecule has 0 spiro atoms. The molecule has 0 saturated carbocycles. The lowest BCUT2D eigenvalue weighted by Gasteiger charge is -2.28. The molecule has 0 radical (unpaired) electrons. The Kier molecular flexibility index (Phi) is 6.51. The highest BCUT2D eigenvalue weighted by Gasteiger charge is 2.21. The molecule has 1 atom stereocenters. The van der Waals surface area contributed by atoms with Crippen LogP contribution in [0.5, 0.6) is 0 Å². The Hall–Kier alpha value is -1.56. The van der Waals surface area contributed by atoms with Crippen LogP contribution >= 0.6 is 11.3 Å². The predicted molar refractivity (Wildman–Crippen MR) is 80.1 cm³/mol. The average Bonchev–Trinajstić information content (AvgIpc) is 2.94. The summed E-state index contributed by atoms with van der Waals surface area (Å²) in [5, 5.41) is 10.9. The third kappa shape index (κ3) is 4.85. The van der Waals surface area contributed by atoms with Gasteiger partial charge in [-0.25, -0.2) is 4.79 Å². The van der Waals surface area contributed by atoms with Crippen molar-refractivity contribution in [2.75, 3.05) is 26.7 Å². The van der Waals surface area contributed by atoms with Gasteiger partial charge in [-0.3, -0.25) is 4.79 Å². The number of amides is 2. The molecule has 0 aliphatic rings. The second-order valence-electron chi connectivity index (χ2n) is 4.81. The number of hydrogen-bond acceptors (Lipinski definition) is 3. The van der Waals surface area contributed by atoms with Crippen LogP contribution in [0.1, 0.15) is 18.7 Å². The van der Waals surface area contributed by atoms with Crippen LogP contribution in [0.15, 0.2) is 17.5 Å². The standard InChI is InChI=1S/C14H22N2O3S/c1-4-16(10-11(2)13(17)18)14(19)15(3)8-7-12-6-5-9-20-12/h5-6,9,11H,4,7-8,10H2,1-3H3,(H,17,18). The summed E-state index contributed by atoms with van der Waals surface area (Å²) in [6, 6.07) is 3.93. The molecule has 0 saturated heterocycles. The van der Waals surface area contributed by atoms with Gasteiger partial charge >= 0.3 is 12.0 Å². The summed E-state index contributed by atoms with van der Waals surface area (Å²) >= 11 is 1.68. The zero-order valence-corrected chi connectivity index (χ0v) is 13.0. The van der Waals surface area contributed by atoms with Crippen molar-refractivity contribution in [3.63, 3.8) is 0 Å². The minimum Gasteiger partial charge on any atom is -0.481 e. The first-order valence-corrected chi connectivity index (χ1v) is 7.58. The van der Waals surface area contributed by atoms with Gasteiger partial charge in [-0.2, -0.15) is 0 Å². The Labute approximate surface area is 123 Å². The maximum absolute atomic E-state index is 12.3. The highest BCUT2D eigenvalue weighted by molar-refractivity contribution is 7.09. The van der Waals surface area contributed by atoms with Crippen molar-refractivity contribution in [1.82, 2.24) is 9.80 Å². The Morgan fingerprint density at radius 1 is 1.45 bits per heavy atom. The van der Waals surface area contributed by atoms with Gasteiger partial charge in [0.2, 0.25) is 0 Å². The van der Waals surface area contributed by atoms with Gasteiger partial charge in [-0.15, -0.1) is 11.3 Å². The molecule has 1 heterocycles. The summed E-state index contributed by atoms with van der Waals surface area (Å²) in [5.74, 6) is -1.43. The van der Waals surface area contributed by atoms with Crippen molar-refractivity contribution in [2.45, 2.75) is 20.3 Å². The lowest BCUT2D eigenvalue weighted by atomic mass is 10.2. The number of likely N-dealkylation sites (N-methyl/N-ethyl adjacent to an activating group) is 1. The van der Waals surface area contributed by atoms with Gasteiger partial charge < -0.3 is 14.9 Å². The van der Waals surface area contributed by atoms with E-state index >= 15 is 0 Å². The number of aliphatic carboxylic acids is 1. The van der Waals surface area contributed by atoms with Crippen LogP contribution in [0.2, 0.25) is 0 Å². The SMILES string of the molecule is CCN(CC(C)C(=O)O)C(=O)N(C)CCc1cccs1. The predicted octanol–water partition coefficient (Wildman–Crippen LogP) is 2.38. The van der Waals surface area contributed by atoms with E-state index in [9.17, 15) is 9.59 Å². The molecular formula is C14H22N2O3S. The number of carboxylic acids is 1. The first-order valence-electron chi connectivity index (χ1n) is 6.71. The molecule has 5 nitrogen and oxygen atoms in total. The molecule has 1 N–H and O–H groups in total. The molecule has 112 valence electrons. The van der Waals surface area contributed by atoms with Crippen molar-refractivity contribution in [3.05, 3.63) is 22.4 Å². The molecule has 6 heteroatoms. The van der Waals surface area contributed by atoms with Crippen LogP contribution in [0, 0.1) is 5.92 Å². The number of thiophene rings is 1. The van der Waals surface area contributed by atoms with E-state index in [0.29, 0.717) is 13.1 Å². The second kappa shape index (κ2) is 7.89. The topological polar surface area (TPSA) is 60.9 Å². The Bertz CT molecular complexity index is 434. The maximum Gasteiger partial charge on any atom is 0.319 e. The molecular weight excluding hydrogens is 276 g/mol. The molecule has 1 rings (SSSR count). The number of carbonyl (C=O) groups excluding carboxylic acids is 1. The normalized spacial score (nSPS) is 11.9. The lowest BCUT2D eigenvalue weighted by molar-refractivity contribution is -0.141. The molecule has 0 fully saturated rings. The summed E-state index contributed by atoms with van der Waals surface area (Å²) < 4.78 is 0. The first-order chi connectivity index (χ1) is 9.45. The molecule has 0 aliphatic heterocycles. The number of nitrogens with zero attached hydrogens (tertiary/aromatic N) is 2. The molecule has 1 unspecified atom stereocenters. The zero-order valence-electron chi connectivity index (χ0n) is 12.2. The summed E-state index contributed by atoms with van der Waals surface area (Å²) in [7, 11) is 1.75. The minimum absolute atomic E-state index is 0.114. The van der Waals surface area contributed by atoms with E-state index in [0.717, 1.165) is 6.42 Å². The largest absolute Gasteiger partial charge is 0.481 e. The number of carboxylic acid groups (broad SMARTS) is 1. The van der Waals surface area contributed by atoms with E-state index in [1.807, 2.05) is 24.4 Å². The molecule has 1 aromatic heterocycles. The van der Waals surface area contributed by atoms with Crippen LogP contribution in [0.25, 0.3) is 0 Å². The molecule has 1 aromatic rings. The van der Waals surface area contributed by atoms with Gasteiger partial charge in [-0.05, 0) is 24.8 Å². The maximum atomic E-state index is 12.3. The summed E-state index contributed by atoms with van der Waals surface area (Å²) in [6.07, 6.45) is 0.825. The number of carbonyl (C=O) groups is 2. The van der Waals surface area contributed by atoms with Gasteiger partial charge in [0.05, 0.1) is 5.92 Å². The van der Waals surface area contributed by atoms with E-state index in [2.05, 4.69) is 0 Å². The van der Waals surface area contributed by atoms with Crippen LogP contribution in [-0.4, -0.2) is 53.6 Å². The number of rotatable bonds is 7. The molecule has 0 bridgehead atoms. The van der Waals surface area contributed by atoms with Crippen LogP contribution in [0.3, 0.4) is 0 Å². The third-order valence-electron chi connectivity index (χ3n) is 3.17. The summed E-state index contributed by atoms with van der Waals surface area (Å²) in [6.45, 7) is 4.87. The van der Waals surface area contributed by atoms with Gasteiger partial charge in [0.25, 0.3) is 0 Å². The molecule has 0 aliphatic carbocycles. The van der Waals surface area contributed by atoms with E-state index < -0.39 is 11.9 Å². The van der Waals surface area contributed by atoms with Gasteiger partial charge in [-0.1, -0.05) is 13.0 Å². The third-order valence-corrected chi connectivity index (χ3v) is 4.10. The molecule has 20 heavy (non-hydrogen) atoms. The highest BCUT2D eigenvalue weighted by atomic mass is 32.1. The number of hydrogen-bond donors (Lipinski definition) is 1. The van der Waals surface area contributed by atoms with Crippen molar-refractivity contribution in [3.8, 4) is 0 Å². The van der Waals surface area contributed by atoms with E-state index in [1.165, 1.54) is 4.88 Å². The number of urea groups is 1. The fraction of sp³-hybridized carbons (Fsp3) is 0.571. The van der Waals surface area contributed by atoms with Gasteiger partial charge in [0.1, 0.15) is 0 Å². The van der Waals surface area contributed by atoms with Crippen LogP contribution in [0.4, 0.5) is 4.79 Å². The second-order valence-corrected chi connectivity index (χ2v) is 5.84. The fourth-order valence-electron chi connectivity index (χ4n) is 1.82. The Morgan fingerprint density at radius 3 is 2.65 bits per heavy atom. The van der Waals surface area contributed by atoms with E-state index in [1.54, 1.807) is 35.1 Å². The Morgan fingerprint density at radius 2 is 2.15 bits per heavy atom. The molecule has 2 amide bonds.